The summed E-state index contributed by atoms with van der Waals surface area (Å²) < 4.78 is 27.1. The molecule has 1 aliphatic heterocycles. The van der Waals surface area contributed by atoms with E-state index in [4.69, 9.17) is 0 Å². The first-order valence-electron chi connectivity index (χ1n) is 7.15. The van der Waals surface area contributed by atoms with Crippen LogP contribution in [0.3, 0.4) is 0 Å². The van der Waals surface area contributed by atoms with Crippen LogP contribution in [0.5, 0.6) is 0 Å². The van der Waals surface area contributed by atoms with Crippen molar-refractivity contribution < 1.29 is 13.5 Å². The molecule has 1 aliphatic carbocycles. The van der Waals surface area contributed by atoms with E-state index in [1.165, 1.54) is 0 Å². The first kappa shape index (κ1) is 14.0. The summed E-state index contributed by atoms with van der Waals surface area (Å²) in [6.45, 7) is 4.75. The molecule has 1 aromatic rings. The minimum Gasteiger partial charge on any atom is -0.393 e. The van der Waals surface area contributed by atoms with Crippen molar-refractivity contribution in [3.05, 3.63) is 29.3 Å². The van der Waals surface area contributed by atoms with Crippen molar-refractivity contribution >= 4 is 10.0 Å². The first-order valence-corrected chi connectivity index (χ1v) is 8.59. The number of fused-ring (bicyclic) bond motifs is 1. The molecule has 2 aliphatic rings. The summed E-state index contributed by atoms with van der Waals surface area (Å²) in [4.78, 5) is 0.409. The molecular formula is C15H21NO3S. The van der Waals surface area contributed by atoms with Gasteiger partial charge in [0.05, 0.1) is 11.0 Å². The number of hydrogen-bond donors (Lipinski definition) is 1. The van der Waals surface area contributed by atoms with Crippen molar-refractivity contribution in [2.24, 2.45) is 11.8 Å². The van der Waals surface area contributed by atoms with Gasteiger partial charge in [-0.3, -0.25) is 0 Å². The SMILES string of the molecule is Cc1ccc(C)c(S(=O)(=O)N2CC3CCC(O)C3C2)c1. The van der Waals surface area contributed by atoms with Gasteiger partial charge >= 0.3 is 0 Å². The molecule has 2 fully saturated rings. The third-order valence-corrected chi connectivity index (χ3v) is 6.72. The van der Waals surface area contributed by atoms with Crippen LogP contribution in [-0.2, 0) is 10.0 Å². The fourth-order valence-corrected chi connectivity index (χ4v) is 5.36. The van der Waals surface area contributed by atoms with E-state index < -0.39 is 10.0 Å². The molecule has 110 valence electrons. The number of aryl methyl sites for hydroxylation is 2. The molecule has 3 atom stereocenters. The Hall–Kier alpha value is -0.910. The lowest BCUT2D eigenvalue weighted by Gasteiger charge is -2.19. The molecule has 3 rings (SSSR count). The van der Waals surface area contributed by atoms with Gasteiger partial charge in [-0.2, -0.15) is 4.31 Å². The Morgan fingerprint density at radius 1 is 1.20 bits per heavy atom. The number of benzene rings is 1. The van der Waals surface area contributed by atoms with E-state index in [2.05, 4.69) is 0 Å². The molecule has 3 unspecified atom stereocenters. The zero-order valence-corrected chi connectivity index (χ0v) is 12.7. The van der Waals surface area contributed by atoms with Gasteiger partial charge in [0.2, 0.25) is 10.0 Å². The summed E-state index contributed by atoms with van der Waals surface area (Å²) in [7, 11) is -3.44. The Morgan fingerprint density at radius 3 is 2.65 bits per heavy atom. The lowest BCUT2D eigenvalue weighted by molar-refractivity contribution is 0.129. The van der Waals surface area contributed by atoms with Crippen molar-refractivity contribution in [2.75, 3.05) is 13.1 Å². The third kappa shape index (κ3) is 2.18. The normalized spacial score (nSPS) is 30.6. The van der Waals surface area contributed by atoms with Gasteiger partial charge in [-0.05, 0) is 49.8 Å². The molecule has 0 amide bonds. The maximum absolute atomic E-state index is 12.8. The van der Waals surface area contributed by atoms with Crippen LogP contribution in [0.1, 0.15) is 24.0 Å². The van der Waals surface area contributed by atoms with Crippen molar-refractivity contribution in [1.29, 1.82) is 0 Å². The van der Waals surface area contributed by atoms with E-state index in [0.29, 0.717) is 23.9 Å². The summed E-state index contributed by atoms with van der Waals surface area (Å²) in [6, 6.07) is 5.53. The topological polar surface area (TPSA) is 57.6 Å². The molecule has 20 heavy (non-hydrogen) atoms. The van der Waals surface area contributed by atoms with Gasteiger partial charge < -0.3 is 5.11 Å². The molecule has 1 aromatic carbocycles. The molecule has 0 radical (unpaired) electrons. The first-order chi connectivity index (χ1) is 9.39. The number of sulfonamides is 1. The van der Waals surface area contributed by atoms with Gasteiger partial charge in [0.25, 0.3) is 0 Å². The Labute approximate surface area is 120 Å². The summed E-state index contributed by atoms with van der Waals surface area (Å²) in [5, 5.41) is 9.93. The van der Waals surface area contributed by atoms with Gasteiger partial charge in [0, 0.05) is 19.0 Å². The number of aliphatic hydroxyl groups excluding tert-OH is 1. The van der Waals surface area contributed by atoms with Crippen molar-refractivity contribution in [3.63, 3.8) is 0 Å². The van der Waals surface area contributed by atoms with E-state index in [9.17, 15) is 13.5 Å². The lowest BCUT2D eigenvalue weighted by Crippen LogP contribution is -2.31. The Bertz CT molecular complexity index is 626. The number of hydrogen-bond acceptors (Lipinski definition) is 3. The number of nitrogens with zero attached hydrogens (tertiary/aromatic N) is 1. The predicted molar refractivity (Wildman–Crippen MR) is 76.9 cm³/mol. The van der Waals surface area contributed by atoms with Gasteiger partial charge in [0.15, 0.2) is 0 Å². The van der Waals surface area contributed by atoms with E-state index in [0.717, 1.165) is 24.0 Å². The minimum atomic E-state index is -3.44. The standard InChI is InChI=1S/C15H21NO3S/c1-10-3-4-11(2)15(7-10)20(18,19)16-8-12-5-6-14(17)13(12)9-16/h3-4,7,12-14,17H,5-6,8-9H2,1-2H3. The quantitative estimate of drug-likeness (QED) is 0.903. The molecule has 4 nitrogen and oxygen atoms in total. The number of rotatable bonds is 2. The second-order valence-corrected chi connectivity index (χ2v) is 8.07. The Kier molecular flexibility index (Phi) is 3.39. The van der Waals surface area contributed by atoms with Gasteiger partial charge in [-0.15, -0.1) is 0 Å². The zero-order valence-electron chi connectivity index (χ0n) is 11.9. The highest BCUT2D eigenvalue weighted by Crippen LogP contribution is 2.40. The third-order valence-electron chi connectivity index (χ3n) is 4.75. The predicted octanol–water partition coefficient (Wildman–Crippen LogP) is 1.69. The van der Waals surface area contributed by atoms with Crippen LogP contribution in [-0.4, -0.2) is 37.0 Å². The van der Waals surface area contributed by atoms with Crippen LogP contribution in [0.25, 0.3) is 0 Å². The monoisotopic (exact) mass is 295 g/mol. The highest BCUT2D eigenvalue weighted by atomic mass is 32.2. The smallest absolute Gasteiger partial charge is 0.243 e. The highest BCUT2D eigenvalue weighted by molar-refractivity contribution is 7.89. The molecule has 0 aromatic heterocycles. The summed E-state index contributed by atoms with van der Waals surface area (Å²) in [5.41, 5.74) is 1.74. The van der Waals surface area contributed by atoms with Crippen LogP contribution in [0.2, 0.25) is 0 Å². The van der Waals surface area contributed by atoms with Crippen LogP contribution in [0.4, 0.5) is 0 Å². The van der Waals surface area contributed by atoms with E-state index in [-0.39, 0.29) is 12.0 Å². The van der Waals surface area contributed by atoms with Gasteiger partial charge in [-0.1, -0.05) is 12.1 Å². The second kappa shape index (κ2) is 4.83. The zero-order chi connectivity index (χ0) is 14.5. The van der Waals surface area contributed by atoms with Crippen molar-refractivity contribution in [1.82, 2.24) is 4.31 Å². The molecular weight excluding hydrogens is 274 g/mol. The van der Waals surface area contributed by atoms with Crippen LogP contribution in [0, 0.1) is 25.7 Å². The molecule has 0 spiro atoms. The second-order valence-electron chi connectivity index (χ2n) is 6.16. The molecule has 5 heteroatoms. The molecule has 1 saturated carbocycles. The van der Waals surface area contributed by atoms with Crippen LogP contribution < -0.4 is 0 Å². The molecule has 1 N–H and O–H groups in total. The minimum absolute atomic E-state index is 0.120. The summed E-state index contributed by atoms with van der Waals surface area (Å²) in [5.74, 6) is 0.444. The summed E-state index contributed by atoms with van der Waals surface area (Å²) >= 11 is 0. The Balaban J connectivity index is 1.92. The number of aliphatic hydroxyl groups is 1. The fourth-order valence-electron chi connectivity index (χ4n) is 3.52. The van der Waals surface area contributed by atoms with Crippen LogP contribution in [0.15, 0.2) is 23.1 Å². The van der Waals surface area contributed by atoms with Gasteiger partial charge in [0.1, 0.15) is 0 Å². The summed E-state index contributed by atoms with van der Waals surface area (Å²) in [6.07, 6.45) is 1.41. The van der Waals surface area contributed by atoms with Crippen LogP contribution >= 0.6 is 0 Å². The van der Waals surface area contributed by atoms with Crippen molar-refractivity contribution in [3.8, 4) is 0 Å². The maximum Gasteiger partial charge on any atom is 0.243 e. The van der Waals surface area contributed by atoms with E-state index in [1.807, 2.05) is 26.0 Å². The average molecular weight is 295 g/mol. The van der Waals surface area contributed by atoms with E-state index in [1.54, 1.807) is 10.4 Å². The maximum atomic E-state index is 12.8. The Morgan fingerprint density at radius 2 is 1.95 bits per heavy atom. The van der Waals surface area contributed by atoms with E-state index >= 15 is 0 Å². The average Bonchev–Trinajstić information content (AvgIpc) is 2.95. The molecule has 0 bridgehead atoms. The lowest BCUT2D eigenvalue weighted by atomic mass is 10.00. The largest absolute Gasteiger partial charge is 0.393 e. The van der Waals surface area contributed by atoms with Crippen molar-refractivity contribution in [2.45, 2.75) is 37.7 Å². The fraction of sp³-hybridized carbons (Fsp3) is 0.600. The highest BCUT2D eigenvalue weighted by Gasteiger charge is 2.45. The molecule has 1 heterocycles. The van der Waals surface area contributed by atoms with Gasteiger partial charge in [-0.25, -0.2) is 8.42 Å². The molecule has 1 saturated heterocycles.